The summed E-state index contributed by atoms with van der Waals surface area (Å²) in [5, 5.41) is 21.6. The molecule has 32 heavy (non-hydrogen) atoms. The Hall–Kier alpha value is -2.81. The van der Waals surface area contributed by atoms with Gasteiger partial charge in [-0.25, -0.2) is 0 Å². The number of nitrogens with zero attached hydrogens (tertiary/aromatic N) is 3. The zero-order chi connectivity index (χ0) is 23.6. The number of nitro benzene ring substituents is 1. The van der Waals surface area contributed by atoms with Gasteiger partial charge in [0.25, 0.3) is 5.69 Å². The van der Waals surface area contributed by atoms with E-state index in [1.54, 1.807) is 19.9 Å². The van der Waals surface area contributed by atoms with Crippen LogP contribution in [-0.2, 0) is 14.3 Å². The average molecular weight is 446 g/mol. The number of ether oxygens (including phenoxy) is 1. The van der Waals surface area contributed by atoms with Gasteiger partial charge in [-0.1, -0.05) is 12.1 Å². The van der Waals surface area contributed by atoms with Gasteiger partial charge in [0.05, 0.1) is 23.0 Å². The van der Waals surface area contributed by atoms with Crippen LogP contribution in [0.25, 0.3) is 0 Å². The van der Waals surface area contributed by atoms with Crippen molar-refractivity contribution in [2.45, 2.75) is 45.1 Å². The largest absolute Gasteiger partial charge is 0.481 e. The van der Waals surface area contributed by atoms with Gasteiger partial charge in [-0.2, -0.15) is 0 Å². The van der Waals surface area contributed by atoms with Gasteiger partial charge < -0.3 is 14.7 Å². The molecule has 9 heteroatoms. The highest BCUT2D eigenvalue weighted by Gasteiger charge is 2.59. The summed E-state index contributed by atoms with van der Waals surface area (Å²) in [6.07, 6.45) is 2.34. The Bertz CT molecular complexity index is 926. The quantitative estimate of drug-likeness (QED) is 0.352. The zero-order valence-electron chi connectivity index (χ0n) is 19.0. The molecule has 0 amide bonds. The lowest BCUT2D eigenvalue weighted by Gasteiger charge is -2.47. The predicted molar refractivity (Wildman–Crippen MR) is 119 cm³/mol. The van der Waals surface area contributed by atoms with Crippen LogP contribution >= 0.6 is 0 Å². The molecule has 3 rings (SSSR count). The van der Waals surface area contributed by atoms with E-state index in [0.29, 0.717) is 36.8 Å². The standard InChI is InChI=1S/C23H31N3O6/c1-14-19(21(27)28)20(17-6-5-7-18(12-17)26(30)31)23(15(2)24-14,10-11-25(3)4)22(29)32-13-16-8-9-16/h5-7,12,15-16,19-20H,8-11,13H2,1-4H3,(H,27,28). The summed E-state index contributed by atoms with van der Waals surface area (Å²) >= 11 is 0. The van der Waals surface area contributed by atoms with Gasteiger partial charge in [0.1, 0.15) is 5.92 Å². The topological polar surface area (TPSA) is 122 Å². The molecule has 0 bridgehead atoms. The highest BCUT2D eigenvalue weighted by atomic mass is 16.6. The number of benzene rings is 1. The number of esters is 1. The Balaban J connectivity index is 2.19. The first-order valence-electron chi connectivity index (χ1n) is 10.9. The molecular weight excluding hydrogens is 414 g/mol. The number of nitro groups is 1. The Morgan fingerprint density at radius 2 is 2.03 bits per heavy atom. The van der Waals surface area contributed by atoms with Crippen LogP contribution in [-0.4, -0.2) is 65.9 Å². The molecule has 4 atom stereocenters. The zero-order valence-corrected chi connectivity index (χ0v) is 19.0. The molecule has 1 N–H and O–H groups in total. The van der Waals surface area contributed by atoms with Crippen molar-refractivity contribution in [1.29, 1.82) is 0 Å². The normalized spacial score (nSPS) is 27.7. The lowest BCUT2D eigenvalue weighted by molar-refractivity contribution is -0.385. The number of carboxylic acid groups (broad SMARTS) is 1. The highest BCUT2D eigenvalue weighted by Crippen LogP contribution is 2.52. The van der Waals surface area contributed by atoms with Gasteiger partial charge in [-0.05, 0) is 65.2 Å². The molecule has 1 fully saturated rings. The van der Waals surface area contributed by atoms with Crippen LogP contribution < -0.4 is 0 Å². The second-order valence-electron chi connectivity index (χ2n) is 9.23. The van der Waals surface area contributed by atoms with Crippen LogP contribution in [0.3, 0.4) is 0 Å². The van der Waals surface area contributed by atoms with Gasteiger partial charge in [-0.3, -0.25) is 24.7 Å². The van der Waals surface area contributed by atoms with E-state index in [1.165, 1.54) is 18.2 Å². The van der Waals surface area contributed by atoms with Crippen molar-refractivity contribution in [3.8, 4) is 0 Å². The van der Waals surface area contributed by atoms with Gasteiger partial charge >= 0.3 is 11.9 Å². The molecule has 1 aliphatic heterocycles. The number of aliphatic imine (C=N–C) groups is 1. The molecule has 0 saturated heterocycles. The number of carbonyl (C=O) groups excluding carboxylic acids is 1. The maximum atomic E-state index is 13.7. The number of carboxylic acids is 1. The fourth-order valence-corrected chi connectivity index (χ4v) is 4.73. The van der Waals surface area contributed by atoms with Crippen molar-refractivity contribution in [3.63, 3.8) is 0 Å². The van der Waals surface area contributed by atoms with Crippen LogP contribution in [0.2, 0.25) is 0 Å². The maximum absolute atomic E-state index is 13.7. The summed E-state index contributed by atoms with van der Waals surface area (Å²) < 4.78 is 5.75. The fourth-order valence-electron chi connectivity index (χ4n) is 4.73. The van der Waals surface area contributed by atoms with Crippen LogP contribution in [0.15, 0.2) is 29.3 Å². The number of non-ortho nitro benzene ring substituents is 1. The smallest absolute Gasteiger partial charge is 0.314 e. The SMILES string of the molecule is CC1=NC(C)C(CCN(C)C)(C(=O)OCC2CC2)C(c2cccc([N+](=O)[O-])c2)C1C(=O)O. The van der Waals surface area contributed by atoms with Crippen molar-refractivity contribution in [2.75, 3.05) is 27.2 Å². The highest BCUT2D eigenvalue weighted by molar-refractivity contribution is 6.03. The van der Waals surface area contributed by atoms with Crippen LogP contribution in [0, 0.1) is 27.4 Å². The number of hydrogen-bond donors (Lipinski definition) is 1. The molecular formula is C23H31N3O6. The van der Waals surface area contributed by atoms with E-state index < -0.39 is 40.2 Å². The second-order valence-corrected chi connectivity index (χ2v) is 9.23. The molecule has 9 nitrogen and oxygen atoms in total. The molecule has 1 aromatic carbocycles. The summed E-state index contributed by atoms with van der Waals surface area (Å²) in [5.74, 6) is -3.18. The molecule has 0 aromatic heterocycles. The molecule has 2 aliphatic rings. The van der Waals surface area contributed by atoms with Crippen molar-refractivity contribution < 1.29 is 24.4 Å². The number of hydrogen-bond acceptors (Lipinski definition) is 7. The first-order chi connectivity index (χ1) is 15.1. The van der Waals surface area contributed by atoms with Gasteiger partial charge in [-0.15, -0.1) is 0 Å². The minimum absolute atomic E-state index is 0.146. The lowest BCUT2D eigenvalue weighted by Crippen LogP contribution is -2.55. The lowest BCUT2D eigenvalue weighted by atomic mass is 9.58. The Kier molecular flexibility index (Phi) is 6.97. The molecule has 1 heterocycles. The van der Waals surface area contributed by atoms with Crippen molar-refractivity contribution >= 4 is 23.3 Å². The van der Waals surface area contributed by atoms with E-state index in [0.717, 1.165) is 12.8 Å². The van der Waals surface area contributed by atoms with Crippen LogP contribution in [0.1, 0.15) is 44.6 Å². The van der Waals surface area contributed by atoms with Crippen molar-refractivity contribution in [1.82, 2.24) is 4.90 Å². The molecule has 0 radical (unpaired) electrons. The van der Waals surface area contributed by atoms with Gasteiger partial charge in [0, 0.05) is 23.8 Å². The molecule has 4 unspecified atom stereocenters. The van der Waals surface area contributed by atoms with E-state index in [-0.39, 0.29) is 5.69 Å². The second kappa shape index (κ2) is 9.36. The van der Waals surface area contributed by atoms with Crippen LogP contribution in [0.5, 0.6) is 0 Å². The first kappa shape index (κ1) is 23.8. The molecule has 0 spiro atoms. The summed E-state index contributed by atoms with van der Waals surface area (Å²) in [7, 11) is 3.75. The summed E-state index contributed by atoms with van der Waals surface area (Å²) in [6, 6.07) is 5.39. The molecule has 1 saturated carbocycles. The summed E-state index contributed by atoms with van der Waals surface area (Å²) in [4.78, 5) is 43.6. The molecule has 1 aliphatic carbocycles. The summed E-state index contributed by atoms with van der Waals surface area (Å²) in [6.45, 7) is 4.26. The van der Waals surface area contributed by atoms with E-state index in [1.807, 2.05) is 19.0 Å². The monoisotopic (exact) mass is 445 g/mol. The third-order valence-corrected chi connectivity index (χ3v) is 6.69. The Morgan fingerprint density at radius 3 is 2.59 bits per heavy atom. The third kappa shape index (κ3) is 4.67. The summed E-state index contributed by atoms with van der Waals surface area (Å²) in [5.41, 5.74) is -0.573. The molecule has 174 valence electrons. The first-order valence-corrected chi connectivity index (χ1v) is 10.9. The van der Waals surface area contributed by atoms with E-state index in [2.05, 4.69) is 4.99 Å². The Labute approximate surface area is 187 Å². The van der Waals surface area contributed by atoms with E-state index in [9.17, 15) is 24.8 Å². The minimum Gasteiger partial charge on any atom is -0.481 e. The number of carbonyl (C=O) groups is 2. The average Bonchev–Trinajstić information content (AvgIpc) is 3.55. The van der Waals surface area contributed by atoms with Crippen molar-refractivity contribution in [2.24, 2.45) is 22.2 Å². The van der Waals surface area contributed by atoms with Crippen molar-refractivity contribution in [3.05, 3.63) is 39.9 Å². The fraction of sp³-hybridized carbons (Fsp3) is 0.609. The number of rotatable bonds is 9. The van der Waals surface area contributed by atoms with Gasteiger partial charge in [0.2, 0.25) is 0 Å². The van der Waals surface area contributed by atoms with E-state index >= 15 is 0 Å². The predicted octanol–water partition coefficient (Wildman–Crippen LogP) is 3.13. The maximum Gasteiger partial charge on any atom is 0.314 e. The Morgan fingerprint density at radius 1 is 1.34 bits per heavy atom. The number of aliphatic carboxylic acids is 1. The molecule has 1 aromatic rings. The van der Waals surface area contributed by atoms with E-state index in [4.69, 9.17) is 4.74 Å². The minimum atomic E-state index is -1.27. The van der Waals surface area contributed by atoms with Crippen LogP contribution in [0.4, 0.5) is 5.69 Å². The van der Waals surface area contributed by atoms with Gasteiger partial charge in [0.15, 0.2) is 0 Å². The third-order valence-electron chi connectivity index (χ3n) is 6.69.